The minimum absolute atomic E-state index is 0.0447. The maximum atomic E-state index is 11.8. The molecule has 0 aliphatic rings. The lowest BCUT2D eigenvalue weighted by molar-refractivity contribution is -0.131. The van der Waals surface area contributed by atoms with E-state index in [-0.39, 0.29) is 5.78 Å². The lowest BCUT2D eigenvalue weighted by Gasteiger charge is -2.06. The Hall–Kier alpha value is -1.90. The number of rotatable bonds is 5. The molecule has 1 rings (SSSR count). The number of carbonyl (C=O) groups excluding carboxylic acids is 2. The molecular formula is C13H14O3. The summed E-state index contributed by atoms with van der Waals surface area (Å²) in [4.78, 5) is 22.6. The molecule has 84 valence electrons. The molecule has 0 unspecified atom stereocenters. The van der Waals surface area contributed by atoms with Gasteiger partial charge in [0, 0.05) is 13.3 Å². The maximum Gasteiger partial charge on any atom is 0.308 e. The van der Waals surface area contributed by atoms with E-state index in [2.05, 4.69) is 6.58 Å². The standard InChI is InChI=1S/C13H14O3/c1-3-4-8-12(15)11-7-5-6-9-13(11)16-10(2)14/h3,5-7,9H,1,4,8H2,2H3. The van der Waals surface area contributed by atoms with Gasteiger partial charge in [0.05, 0.1) is 5.56 Å². The Kier molecular flexibility index (Phi) is 4.45. The van der Waals surface area contributed by atoms with Crippen molar-refractivity contribution in [2.24, 2.45) is 0 Å². The first-order chi connectivity index (χ1) is 7.65. The van der Waals surface area contributed by atoms with Crippen LogP contribution in [-0.2, 0) is 4.79 Å². The van der Waals surface area contributed by atoms with E-state index in [0.29, 0.717) is 24.2 Å². The smallest absolute Gasteiger partial charge is 0.308 e. The normalized spacial score (nSPS) is 9.56. The molecule has 3 nitrogen and oxygen atoms in total. The van der Waals surface area contributed by atoms with Crippen LogP contribution in [0.4, 0.5) is 0 Å². The van der Waals surface area contributed by atoms with Crippen LogP contribution in [-0.4, -0.2) is 11.8 Å². The van der Waals surface area contributed by atoms with E-state index in [0.717, 1.165) is 0 Å². The van der Waals surface area contributed by atoms with Gasteiger partial charge in [0.25, 0.3) is 0 Å². The first-order valence-corrected chi connectivity index (χ1v) is 5.06. The van der Waals surface area contributed by atoms with Crippen molar-refractivity contribution in [3.63, 3.8) is 0 Å². The molecule has 0 atom stereocenters. The highest BCUT2D eigenvalue weighted by molar-refractivity contribution is 5.99. The summed E-state index contributed by atoms with van der Waals surface area (Å²) in [7, 11) is 0. The molecule has 0 fully saturated rings. The molecule has 0 saturated heterocycles. The quantitative estimate of drug-likeness (QED) is 0.330. The van der Waals surface area contributed by atoms with Crippen LogP contribution < -0.4 is 4.74 Å². The zero-order chi connectivity index (χ0) is 12.0. The van der Waals surface area contributed by atoms with E-state index in [4.69, 9.17) is 4.74 Å². The lowest BCUT2D eigenvalue weighted by atomic mass is 10.1. The van der Waals surface area contributed by atoms with Crippen LogP contribution in [0.2, 0.25) is 0 Å². The third-order valence-corrected chi connectivity index (χ3v) is 2.02. The molecular weight excluding hydrogens is 204 g/mol. The maximum absolute atomic E-state index is 11.8. The van der Waals surface area contributed by atoms with Crippen molar-refractivity contribution in [1.82, 2.24) is 0 Å². The SMILES string of the molecule is C=CCCC(=O)c1ccccc1OC(C)=O. The van der Waals surface area contributed by atoms with Crippen LogP contribution in [0.1, 0.15) is 30.1 Å². The summed E-state index contributed by atoms with van der Waals surface area (Å²) in [5.41, 5.74) is 0.444. The third-order valence-electron chi connectivity index (χ3n) is 2.02. The summed E-state index contributed by atoms with van der Waals surface area (Å²) in [5, 5.41) is 0. The van der Waals surface area contributed by atoms with Crippen LogP contribution >= 0.6 is 0 Å². The van der Waals surface area contributed by atoms with Gasteiger partial charge < -0.3 is 4.74 Å². The summed E-state index contributed by atoms with van der Waals surface area (Å²) in [6.07, 6.45) is 2.68. The predicted molar refractivity (Wildman–Crippen MR) is 61.5 cm³/mol. The molecule has 0 aliphatic carbocycles. The van der Waals surface area contributed by atoms with Crippen LogP contribution in [0.5, 0.6) is 5.75 Å². The number of allylic oxidation sites excluding steroid dienone is 1. The number of carbonyl (C=O) groups is 2. The Morgan fingerprint density at radius 2 is 2.06 bits per heavy atom. The van der Waals surface area contributed by atoms with E-state index in [1.54, 1.807) is 30.3 Å². The minimum atomic E-state index is -0.427. The first kappa shape index (κ1) is 12.2. The zero-order valence-electron chi connectivity index (χ0n) is 9.23. The van der Waals surface area contributed by atoms with E-state index >= 15 is 0 Å². The average molecular weight is 218 g/mol. The summed E-state index contributed by atoms with van der Waals surface area (Å²) in [6.45, 7) is 4.87. The second-order valence-corrected chi connectivity index (χ2v) is 3.34. The molecule has 0 amide bonds. The molecule has 0 bridgehead atoms. The number of benzene rings is 1. The van der Waals surface area contributed by atoms with Gasteiger partial charge >= 0.3 is 5.97 Å². The Morgan fingerprint density at radius 1 is 1.38 bits per heavy atom. The third kappa shape index (κ3) is 3.35. The highest BCUT2D eigenvalue weighted by Gasteiger charge is 2.12. The molecule has 0 aliphatic heterocycles. The van der Waals surface area contributed by atoms with Gasteiger partial charge in [-0.25, -0.2) is 0 Å². The molecule has 0 spiro atoms. The van der Waals surface area contributed by atoms with Crippen molar-refractivity contribution in [2.45, 2.75) is 19.8 Å². The second kappa shape index (κ2) is 5.85. The van der Waals surface area contributed by atoms with Gasteiger partial charge in [0.15, 0.2) is 5.78 Å². The van der Waals surface area contributed by atoms with E-state index in [1.807, 2.05) is 0 Å². The van der Waals surface area contributed by atoms with E-state index in [9.17, 15) is 9.59 Å². The fourth-order valence-corrected chi connectivity index (χ4v) is 1.31. The molecule has 1 aromatic carbocycles. The van der Waals surface area contributed by atoms with Crippen LogP contribution in [0, 0.1) is 0 Å². The fourth-order valence-electron chi connectivity index (χ4n) is 1.31. The van der Waals surface area contributed by atoms with Gasteiger partial charge in [-0.1, -0.05) is 18.2 Å². The number of hydrogen-bond donors (Lipinski definition) is 0. The van der Waals surface area contributed by atoms with Crippen molar-refractivity contribution in [3.05, 3.63) is 42.5 Å². The van der Waals surface area contributed by atoms with Crippen LogP contribution in [0.25, 0.3) is 0 Å². The molecule has 0 saturated carbocycles. The highest BCUT2D eigenvalue weighted by atomic mass is 16.5. The molecule has 0 heterocycles. The van der Waals surface area contributed by atoms with Crippen molar-refractivity contribution >= 4 is 11.8 Å². The number of para-hydroxylation sites is 1. The van der Waals surface area contributed by atoms with Crippen molar-refractivity contribution in [3.8, 4) is 5.75 Å². The predicted octanol–water partition coefficient (Wildman–Crippen LogP) is 2.76. The number of hydrogen-bond acceptors (Lipinski definition) is 3. The minimum Gasteiger partial charge on any atom is -0.426 e. The van der Waals surface area contributed by atoms with Gasteiger partial charge in [0.1, 0.15) is 5.75 Å². The van der Waals surface area contributed by atoms with E-state index < -0.39 is 5.97 Å². The number of esters is 1. The van der Waals surface area contributed by atoms with Gasteiger partial charge in [-0.15, -0.1) is 6.58 Å². The first-order valence-electron chi connectivity index (χ1n) is 5.06. The molecule has 3 heteroatoms. The second-order valence-electron chi connectivity index (χ2n) is 3.34. The van der Waals surface area contributed by atoms with E-state index in [1.165, 1.54) is 6.92 Å². The van der Waals surface area contributed by atoms with Crippen LogP contribution in [0.3, 0.4) is 0 Å². The summed E-state index contributed by atoms with van der Waals surface area (Å²) < 4.78 is 4.96. The lowest BCUT2D eigenvalue weighted by Crippen LogP contribution is -2.07. The fraction of sp³-hybridized carbons (Fsp3) is 0.231. The summed E-state index contributed by atoms with van der Waals surface area (Å²) in [6, 6.07) is 6.74. The number of ether oxygens (including phenoxy) is 1. The monoisotopic (exact) mass is 218 g/mol. The zero-order valence-corrected chi connectivity index (χ0v) is 9.23. The molecule has 0 N–H and O–H groups in total. The highest BCUT2D eigenvalue weighted by Crippen LogP contribution is 2.20. The Bertz CT molecular complexity index is 407. The van der Waals surface area contributed by atoms with Crippen LogP contribution in [0.15, 0.2) is 36.9 Å². The largest absolute Gasteiger partial charge is 0.426 e. The Labute approximate surface area is 94.7 Å². The molecule has 0 radical (unpaired) electrons. The van der Waals surface area contributed by atoms with Gasteiger partial charge in [-0.05, 0) is 18.6 Å². The number of ketones is 1. The van der Waals surface area contributed by atoms with Crippen molar-refractivity contribution in [2.75, 3.05) is 0 Å². The summed E-state index contributed by atoms with van der Waals surface area (Å²) >= 11 is 0. The van der Waals surface area contributed by atoms with Gasteiger partial charge in [0.2, 0.25) is 0 Å². The average Bonchev–Trinajstić information content (AvgIpc) is 2.26. The Morgan fingerprint density at radius 3 is 2.69 bits per heavy atom. The molecule has 0 aromatic heterocycles. The van der Waals surface area contributed by atoms with Gasteiger partial charge in [-0.2, -0.15) is 0 Å². The summed E-state index contributed by atoms with van der Waals surface area (Å²) in [5.74, 6) is -0.148. The van der Waals surface area contributed by atoms with Crippen molar-refractivity contribution < 1.29 is 14.3 Å². The molecule has 1 aromatic rings. The topological polar surface area (TPSA) is 43.4 Å². The van der Waals surface area contributed by atoms with Crippen molar-refractivity contribution in [1.29, 1.82) is 0 Å². The molecule has 16 heavy (non-hydrogen) atoms. The number of Topliss-reactive ketones (excluding diaryl/α,β-unsaturated/α-hetero) is 1. The van der Waals surface area contributed by atoms with Gasteiger partial charge in [-0.3, -0.25) is 9.59 Å². The Balaban J connectivity index is 2.89.